The van der Waals surface area contributed by atoms with Gasteiger partial charge in [0.05, 0.1) is 0 Å². The molecule has 4 rings (SSSR count). The van der Waals surface area contributed by atoms with Crippen LogP contribution in [-0.4, -0.2) is 0 Å². The lowest BCUT2D eigenvalue weighted by Crippen LogP contribution is -2.10. The van der Waals surface area contributed by atoms with Gasteiger partial charge in [0.1, 0.15) is 0 Å². The first-order valence-corrected chi connectivity index (χ1v) is 13.5. The first-order chi connectivity index (χ1) is 16.5. The molecule has 0 amide bonds. The Labute approximate surface area is 214 Å². The Morgan fingerprint density at radius 3 is 2.23 bits per heavy atom. The van der Waals surface area contributed by atoms with Crippen LogP contribution in [0.3, 0.4) is 0 Å². The van der Waals surface area contributed by atoms with Crippen LogP contribution in [0, 0.1) is 11.3 Å². The topological polar surface area (TPSA) is 0 Å². The summed E-state index contributed by atoms with van der Waals surface area (Å²) in [4.78, 5) is 0. The van der Waals surface area contributed by atoms with E-state index in [1.807, 2.05) is 0 Å². The SMILES string of the molecule is C=C(CC)c1ccc(C2C=C(C)C=C2[C@H](C)CC(=C)c2cc(CC(C)(C)C)cc(C3CC3)c2)cc1. The van der Waals surface area contributed by atoms with Crippen molar-refractivity contribution in [2.75, 3.05) is 0 Å². The van der Waals surface area contributed by atoms with Crippen LogP contribution >= 0.6 is 0 Å². The van der Waals surface area contributed by atoms with Crippen LogP contribution in [0.15, 0.2) is 78.9 Å². The molecule has 0 bridgehead atoms. The monoisotopic (exact) mass is 464 g/mol. The van der Waals surface area contributed by atoms with E-state index >= 15 is 0 Å². The maximum atomic E-state index is 4.60. The van der Waals surface area contributed by atoms with Crippen molar-refractivity contribution < 1.29 is 0 Å². The molecule has 0 N–H and O–H groups in total. The Kier molecular flexibility index (Phi) is 7.41. The molecular formula is C35H44. The van der Waals surface area contributed by atoms with Gasteiger partial charge in [-0.25, -0.2) is 0 Å². The lowest BCUT2D eigenvalue weighted by Gasteiger charge is -2.23. The normalized spacial score (nSPS) is 18.7. The van der Waals surface area contributed by atoms with Crippen LogP contribution in [0.25, 0.3) is 11.1 Å². The molecule has 2 aromatic rings. The first kappa shape index (κ1) is 25.5. The smallest absolute Gasteiger partial charge is 0.0239 e. The van der Waals surface area contributed by atoms with Crippen LogP contribution < -0.4 is 0 Å². The van der Waals surface area contributed by atoms with Crippen LogP contribution in [-0.2, 0) is 6.42 Å². The van der Waals surface area contributed by atoms with Crippen molar-refractivity contribution in [3.05, 3.63) is 107 Å². The third-order valence-corrected chi connectivity index (χ3v) is 7.62. The van der Waals surface area contributed by atoms with Gasteiger partial charge in [0, 0.05) is 5.92 Å². The highest BCUT2D eigenvalue weighted by atomic mass is 14.3. The molecule has 2 aromatic carbocycles. The molecule has 2 aliphatic rings. The maximum absolute atomic E-state index is 4.60. The Morgan fingerprint density at radius 2 is 1.63 bits per heavy atom. The quantitative estimate of drug-likeness (QED) is 0.346. The summed E-state index contributed by atoms with van der Waals surface area (Å²) < 4.78 is 0. The van der Waals surface area contributed by atoms with Crippen molar-refractivity contribution in [2.24, 2.45) is 11.3 Å². The summed E-state index contributed by atoms with van der Waals surface area (Å²) in [7, 11) is 0. The van der Waals surface area contributed by atoms with Crippen molar-refractivity contribution in [1.29, 1.82) is 0 Å². The summed E-state index contributed by atoms with van der Waals surface area (Å²) in [5.41, 5.74) is 12.6. The van der Waals surface area contributed by atoms with Gasteiger partial charge in [-0.15, -0.1) is 0 Å². The van der Waals surface area contributed by atoms with E-state index < -0.39 is 0 Å². The van der Waals surface area contributed by atoms with E-state index in [-0.39, 0.29) is 5.41 Å². The zero-order valence-electron chi connectivity index (χ0n) is 22.9. The third kappa shape index (κ3) is 6.35. The largest absolute Gasteiger partial charge is 0.0952 e. The Bertz CT molecular complexity index is 1160. The van der Waals surface area contributed by atoms with Gasteiger partial charge in [0.2, 0.25) is 0 Å². The van der Waals surface area contributed by atoms with Gasteiger partial charge in [-0.2, -0.15) is 0 Å². The summed E-state index contributed by atoms with van der Waals surface area (Å²) in [5.74, 6) is 1.57. The molecule has 0 nitrogen and oxygen atoms in total. The Morgan fingerprint density at radius 1 is 0.943 bits per heavy atom. The van der Waals surface area contributed by atoms with Gasteiger partial charge >= 0.3 is 0 Å². The van der Waals surface area contributed by atoms with E-state index in [4.69, 9.17) is 0 Å². The number of benzene rings is 2. The van der Waals surface area contributed by atoms with E-state index in [9.17, 15) is 0 Å². The van der Waals surface area contributed by atoms with E-state index in [0.717, 1.165) is 25.2 Å². The van der Waals surface area contributed by atoms with Crippen molar-refractivity contribution in [2.45, 2.75) is 85.5 Å². The number of hydrogen-bond donors (Lipinski definition) is 0. The van der Waals surface area contributed by atoms with E-state index in [1.54, 1.807) is 0 Å². The Hall–Kier alpha value is -2.60. The van der Waals surface area contributed by atoms with Crippen LogP contribution in [0.4, 0.5) is 0 Å². The molecule has 1 fully saturated rings. The van der Waals surface area contributed by atoms with Gasteiger partial charge in [0.15, 0.2) is 0 Å². The molecule has 1 saturated carbocycles. The standard InChI is InChI=1S/C35H44/c1-9-24(3)28-10-14-30(15-11-28)34-17-23(2)16-33(34)26(5)18-25(4)31-19-27(22-35(6,7)8)20-32(21-31)29-12-13-29/h10-11,14-17,19-21,26,29,34H,3-4,9,12-13,18,22H2,1-2,5-8H3/t26-,34?/m1/s1. The van der Waals surface area contributed by atoms with Crippen molar-refractivity contribution in [3.63, 3.8) is 0 Å². The Balaban J connectivity index is 1.52. The molecule has 2 aliphatic carbocycles. The third-order valence-electron chi connectivity index (χ3n) is 7.62. The second-order valence-electron chi connectivity index (χ2n) is 12.3. The number of rotatable bonds is 9. The fraction of sp³-hybridized carbons (Fsp3) is 0.429. The predicted molar refractivity (Wildman–Crippen MR) is 155 cm³/mol. The van der Waals surface area contributed by atoms with E-state index in [0.29, 0.717) is 11.8 Å². The summed E-state index contributed by atoms with van der Waals surface area (Å²) in [5, 5.41) is 0. The molecule has 0 heteroatoms. The second-order valence-corrected chi connectivity index (χ2v) is 12.3. The molecule has 1 unspecified atom stereocenters. The summed E-state index contributed by atoms with van der Waals surface area (Å²) in [6.45, 7) is 22.6. The molecule has 0 heterocycles. The number of hydrogen-bond acceptors (Lipinski definition) is 0. The minimum absolute atomic E-state index is 0.290. The van der Waals surface area contributed by atoms with Crippen LogP contribution in [0.1, 0.15) is 107 Å². The zero-order valence-corrected chi connectivity index (χ0v) is 22.9. The van der Waals surface area contributed by atoms with Crippen molar-refractivity contribution in [3.8, 4) is 0 Å². The molecule has 0 spiro atoms. The summed E-state index contributed by atoms with van der Waals surface area (Å²) in [6.07, 6.45) is 10.6. The maximum Gasteiger partial charge on any atom is 0.0239 e. The minimum Gasteiger partial charge on any atom is -0.0952 e. The van der Waals surface area contributed by atoms with Gasteiger partial charge in [-0.05, 0) is 95.2 Å². The molecule has 0 radical (unpaired) electrons. The van der Waals surface area contributed by atoms with Gasteiger partial charge in [0.25, 0.3) is 0 Å². The molecular weight excluding hydrogens is 420 g/mol. The average Bonchev–Trinajstić information content (AvgIpc) is 3.58. The average molecular weight is 465 g/mol. The van der Waals surface area contributed by atoms with Gasteiger partial charge in [-0.1, -0.05) is 114 Å². The predicted octanol–water partition coefficient (Wildman–Crippen LogP) is 10.3. The highest BCUT2D eigenvalue weighted by Crippen LogP contribution is 2.43. The van der Waals surface area contributed by atoms with Crippen LogP contribution in [0.2, 0.25) is 0 Å². The first-order valence-electron chi connectivity index (χ1n) is 13.5. The summed E-state index contributed by atoms with van der Waals surface area (Å²) >= 11 is 0. The molecule has 35 heavy (non-hydrogen) atoms. The molecule has 184 valence electrons. The fourth-order valence-electron chi connectivity index (χ4n) is 5.52. The molecule has 2 atom stereocenters. The van der Waals surface area contributed by atoms with Crippen molar-refractivity contribution >= 4 is 11.1 Å². The van der Waals surface area contributed by atoms with Gasteiger partial charge in [-0.3, -0.25) is 0 Å². The van der Waals surface area contributed by atoms with E-state index in [2.05, 4.69) is 109 Å². The second kappa shape index (κ2) is 10.2. The van der Waals surface area contributed by atoms with Crippen molar-refractivity contribution in [1.82, 2.24) is 0 Å². The molecule has 0 aromatic heterocycles. The number of allylic oxidation sites excluding steroid dienone is 6. The summed E-state index contributed by atoms with van der Waals surface area (Å²) in [6, 6.07) is 16.4. The fourth-order valence-corrected chi connectivity index (χ4v) is 5.52. The lowest BCUT2D eigenvalue weighted by atomic mass is 9.81. The molecule has 0 aliphatic heterocycles. The van der Waals surface area contributed by atoms with E-state index in [1.165, 1.54) is 63.0 Å². The van der Waals surface area contributed by atoms with Crippen LogP contribution in [0.5, 0.6) is 0 Å². The highest BCUT2D eigenvalue weighted by molar-refractivity contribution is 5.66. The highest BCUT2D eigenvalue weighted by Gasteiger charge is 2.27. The lowest BCUT2D eigenvalue weighted by molar-refractivity contribution is 0.411. The molecule has 0 saturated heterocycles. The van der Waals surface area contributed by atoms with Gasteiger partial charge < -0.3 is 0 Å². The minimum atomic E-state index is 0.290. The zero-order chi connectivity index (χ0) is 25.3.